The number of aromatic nitrogens is 1. The number of aliphatic carboxylic acids is 2. The van der Waals surface area contributed by atoms with E-state index in [1.807, 2.05) is 54.6 Å². The third-order valence-electron chi connectivity index (χ3n) is 5.74. The average Bonchev–Trinajstić information content (AvgIpc) is 2.98. The smallest absolute Gasteiger partial charge is 0.481 e. The van der Waals surface area contributed by atoms with Crippen molar-refractivity contribution >= 4 is 29.6 Å². The van der Waals surface area contributed by atoms with Crippen molar-refractivity contribution in [2.24, 2.45) is 0 Å². The number of aliphatic hydroxyl groups is 1. The standard InChI is InChI=1S/C27H30N4O5.C2HF3O2/c32-18-23(30-25(33)10-6-16-29-24-9-4-5-15-28-24)27(36)31-22(17-26(34)35)21-13-11-20(12-14-21)19-7-2-1-3-8-19;3-2(4,5)1(6)7/h1-5,7-9,11-15,22-23,32H,6,10,16-18H2,(H,28,29)(H,30,33)(H,31,36)(H,34,35);(H,6,7)/t22?,23-;/m0./s1. The monoisotopic (exact) mass is 604 g/mol. The van der Waals surface area contributed by atoms with Crippen molar-refractivity contribution in [2.75, 3.05) is 18.5 Å². The molecule has 1 aromatic heterocycles. The van der Waals surface area contributed by atoms with E-state index in [-0.39, 0.29) is 12.8 Å². The van der Waals surface area contributed by atoms with Crippen LogP contribution in [0, 0.1) is 0 Å². The van der Waals surface area contributed by atoms with Crippen molar-refractivity contribution in [1.29, 1.82) is 0 Å². The van der Waals surface area contributed by atoms with Gasteiger partial charge in [-0.1, -0.05) is 60.7 Å². The molecule has 3 rings (SSSR count). The van der Waals surface area contributed by atoms with E-state index in [1.165, 1.54) is 0 Å². The first-order chi connectivity index (χ1) is 20.4. The SMILES string of the molecule is O=C(O)C(F)(F)F.O=C(O)CC(NC(=O)[C@H](CO)NC(=O)CCCNc1ccccn1)c1ccc(-c2ccccc2)cc1. The lowest BCUT2D eigenvalue weighted by Gasteiger charge is -2.22. The Morgan fingerprint density at radius 1 is 0.837 bits per heavy atom. The van der Waals surface area contributed by atoms with Gasteiger partial charge in [-0.25, -0.2) is 9.78 Å². The van der Waals surface area contributed by atoms with Crippen LogP contribution in [-0.2, 0) is 19.2 Å². The number of benzene rings is 2. The van der Waals surface area contributed by atoms with Gasteiger partial charge in [0.05, 0.1) is 19.1 Å². The molecule has 0 bridgehead atoms. The molecule has 2 atom stereocenters. The number of anilines is 1. The van der Waals surface area contributed by atoms with Crippen LogP contribution in [0.15, 0.2) is 79.0 Å². The molecular weight excluding hydrogens is 573 g/mol. The Kier molecular flexibility index (Phi) is 13.6. The predicted octanol–water partition coefficient (Wildman–Crippen LogP) is 3.38. The summed E-state index contributed by atoms with van der Waals surface area (Å²) in [5.41, 5.74) is 2.58. The predicted molar refractivity (Wildman–Crippen MR) is 150 cm³/mol. The van der Waals surface area contributed by atoms with Crippen LogP contribution in [-0.4, -0.2) is 69.4 Å². The number of alkyl halides is 3. The van der Waals surface area contributed by atoms with Gasteiger partial charge in [0.25, 0.3) is 0 Å². The highest BCUT2D eigenvalue weighted by Gasteiger charge is 2.38. The molecule has 3 aromatic rings. The normalized spacial score (nSPS) is 12.1. The Bertz CT molecular complexity index is 1330. The minimum Gasteiger partial charge on any atom is -0.481 e. The fraction of sp³-hybridized carbons (Fsp3) is 0.276. The lowest BCUT2D eigenvalue weighted by molar-refractivity contribution is -0.192. The van der Waals surface area contributed by atoms with Gasteiger partial charge in [0.2, 0.25) is 11.8 Å². The zero-order valence-corrected chi connectivity index (χ0v) is 22.8. The molecule has 0 saturated heterocycles. The Morgan fingerprint density at radius 2 is 1.44 bits per heavy atom. The second kappa shape index (κ2) is 17.1. The number of nitrogens with zero attached hydrogens (tertiary/aromatic N) is 1. The fourth-order valence-corrected chi connectivity index (χ4v) is 3.63. The van der Waals surface area contributed by atoms with E-state index >= 15 is 0 Å². The molecule has 6 N–H and O–H groups in total. The molecule has 2 aromatic carbocycles. The van der Waals surface area contributed by atoms with Crippen molar-refractivity contribution in [3.05, 3.63) is 84.6 Å². The minimum absolute atomic E-state index is 0.142. The maximum atomic E-state index is 12.8. The van der Waals surface area contributed by atoms with E-state index in [1.54, 1.807) is 24.4 Å². The van der Waals surface area contributed by atoms with Gasteiger partial charge in [-0.2, -0.15) is 13.2 Å². The first kappa shape index (κ1) is 34.2. The van der Waals surface area contributed by atoms with Crippen LogP contribution in [0.25, 0.3) is 11.1 Å². The van der Waals surface area contributed by atoms with Gasteiger partial charge in [-0.3, -0.25) is 14.4 Å². The average molecular weight is 605 g/mol. The van der Waals surface area contributed by atoms with E-state index in [0.29, 0.717) is 24.3 Å². The Hall–Kier alpha value is -4.98. The van der Waals surface area contributed by atoms with E-state index in [4.69, 9.17) is 9.90 Å². The van der Waals surface area contributed by atoms with Gasteiger partial charge in [-0.05, 0) is 35.2 Å². The van der Waals surface area contributed by atoms with Crippen LogP contribution in [0.1, 0.15) is 30.9 Å². The van der Waals surface area contributed by atoms with Crippen LogP contribution in [0.2, 0.25) is 0 Å². The van der Waals surface area contributed by atoms with Gasteiger partial charge in [0, 0.05) is 19.2 Å². The maximum absolute atomic E-state index is 12.8. The Balaban J connectivity index is 0.000000821. The highest BCUT2D eigenvalue weighted by atomic mass is 19.4. The highest BCUT2D eigenvalue weighted by molar-refractivity contribution is 5.88. The van der Waals surface area contributed by atoms with E-state index in [9.17, 15) is 37.8 Å². The molecule has 230 valence electrons. The molecule has 43 heavy (non-hydrogen) atoms. The van der Waals surface area contributed by atoms with Crippen molar-refractivity contribution in [3.63, 3.8) is 0 Å². The lowest BCUT2D eigenvalue weighted by atomic mass is 9.99. The molecule has 0 aliphatic heterocycles. The zero-order chi connectivity index (χ0) is 31.8. The number of amides is 2. The van der Waals surface area contributed by atoms with Crippen LogP contribution in [0.3, 0.4) is 0 Å². The van der Waals surface area contributed by atoms with Crippen molar-refractivity contribution < 1.29 is 47.7 Å². The highest BCUT2D eigenvalue weighted by Crippen LogP contribution is 2.23. The number of carbonyl (C=O) groups excluding carboxylic acids is 2. The van der Waals surface area contributed by atoms with Crippen LogP contribution >= 0.6 is 0 Å². The van der Waals surface area contributed by atoms with E-state index in [0.717, 1.165) is 11.1 Å². The maximum Gasteiger partial charge on any atom is 0.490 e. The molecule has 1 heterocycles. The molecule has 14 heteroatoms. The fourth-order valence-electron chi connectivity index (χ4n) is 3.63. The summed E-state index contributed by atoms with van der Waals surface area (Å²) in [6, 6.07) is 20.4. The molecule has 0 aliphatic carbocycles. The molecular formula is C29H31F3N4O7. The molecule has 0 spiro atoms. The first-order valence-corrected chi connectivity index (χ1v) is 12.9. The number of nitrogens with one attached hydrogen (secondary N) is 3. The molecule has 0 fully saturated rings. The second-order valence-electron chi connectivity index (χ2n) is 9.00. The topological polar surface area (TPSA) is 178 Å². The number of rotatable bonds is 13. The number of carbonyl (C=O) groups is 4. The number of carboxylic acids is 2. The molecule has 2 amide bonds. The van der Waals surface area contributed by atoms with Gasteiger partial charge >= 0.3 is 18.1 Å². The van der Waals surface area contributed by atoms with E-state index in [2.05, 4.69) is 20.9 Å². The van der Waals surface area contributed by atoms with Crippen molar-refractivity contribution in [3.8, 4) is 11.1 Å². The summed E-state index contributed by atoms with van der Waals surface area (Å²) in [4.78, 5) is 49.5. The van der Waals surface area contributed by atoms with E-state index < -0.39 is 48.6 Å². The largest absolute Gasteiger partial charge is 0.490 e. The summed E-state index contributed by atoms with van der Waals surface area (Å²) in [7, 11) is 0. The van der Waals surface area contributed by atoms with Crippen LogP contribution < -0.4 is 16.0 Å². The summed E-state index contributed by atoms with van der Waals surface area (Å²) in [5, 5.41) is 34.4. The zero-order valence-electron chi connectivity index (χ0n) is 22.8. The summed E-state index contributed by atoms with van der Waals surface area (Å²) in [6.07, 6.45) is -3.13. The third-order valence-corrected chi connectivity index (χ3v) is 5.74. The van der Waals surface area contributed by atoms with Crippen molar-refractivity contribution in [2.45, 2.75) is 37.5 Å². The van der Waals surface area contributed by atoms with Gasteiger partial charge in [0.15, 0.2) is 0 Å². The molecule has 11 nitrogen and oxygen atoms in total. The summed E-state index contributed by atoms with van der Waals surface area (Å²) < 4.78 is 31.7. The minimum atomic E-state index is -5.08. The first-order valence-electron chi connectivity index (χ1n) is 12.9. The van der Waals surface area contributed by atoms with Gasteiger partial charge in [-0.15, -0.1) is 0 Å². The number of aliphatic hydroxyl groups excluding tert-OH is 1. The number of halogens is 3. The summed E-state index contributed by atoms with van der Waals surface area (Å²) in [5.74, 6) is -4.19. The number of carboxylic acid groups (broad SMARTS) is 2. The Labute approximate surface area is 244 Å². The summed E-state index contributed by atoms with van der Waals surface area (Å²) >= 11 is 0. The van der Waals surface area contributed by atoms with Crippen LogP contribution in [0.4, 0.5) is 19.0 Å². The summed E-state index contributed by atoms with van der Waals surface area (Å²) in [6.45, 7) is -0.101. The van der Waals surface area contributed by atoms with Crippen LogP contribution in [0.5, 0.6) is 0 Å². The number of pyridine rings is 1. The second-order valence-corrected chi connectivity index (χ2v) is 9.00. The van der Waals surface area contributed by atoms with Crippen molar-refractivity contribution in [1.82, 2.24) is 15.6 Å². The van der Waals surface area contributed by atoms with Gasteiger partial charge < -0.3 is 31.3 Å². The molecule has 0 radical (unpaired) electrons. The Morgan fingerprint density at radius 3 is 1.98 bits per heavy atom. The molecule has 1 unspecified atom stereocenters. The van der Waals surface area contributed by atoms with Gasteiger partial charge in [0.1, 0.15) is 11.9 Å². The molecule has 0 aliphatic rings. The number of hydrogen-bond donors (Lipinski definition) is 6. The molecule has 0 saturated carbocycles. The third kappa shape index (κ3) is 12.6. The quantitative estimate of drug-likeness (QED) is 0.160. The lowest BCUT2D eigenvalue weighted by Crippen LogP contribution is -2.50. The number of hydrogen-bond acceptors (Lipinski definition) is 7.